The van der Waals surface area contributed by atoms with Crippen molar-refractivity contribution in [2.24, 2.45) is 0 Å². The predicted molar refractivity (Wildman–Crippen MR) is 68.2 cm³/mol. The topological polar surface area (TPSA) is 52.7 Å². The van der Waals surface area contributed by atoms with Crippen LogP contribution in [0.15, 0.2) is 29.7 Å². The van der Waals surface area contributed by atoms with Crippen molar-refractivity contribution < 1.29 is 0 Å². The van der Waals surface area contributed by atoms with Crippen molar-refractivity contribution in [3.8, 4) is 0 Å². The Morgan fingerprint density at radius 2 is 2.12 bits per heavy atom. The average molecular weight is 330 g/mol. The van der Waals surface area contributed by atoms with Crippen LogP contribution in [-0.2, 0) is 13.1 Å². The van der Waals surface area contributed by atoms with Crippen molar-refractivity contribution in [3.05, 3.63) is 44.7 Å². The van der Waals surface area contributed by atoms with Crippen molar-refractivity contribution in [2.45, 2.75) is 20.0 Å². The zero-order valence-electron chi connectivity index (χ0n) is 8.80. The van der Waals surface area contributed by atoms with Crippen LogP contribution in [0.25, 0.3) is 0 Å². The maximum atomic E-state index is 11.7. The second-order valence-corrected chi connectivity index (χ2v) is 4.57. The van der Waals surface area contributed by atoms with Gasteiger partial charge < -0.3 is 4.57 Å². The second kappa shape index (κ2) is 4.77. The number of hydrogen-bond acceptors (Lipinski definition) is 3. The lowest BCUT2D eigenvalue weighted by Gasteiger charge is -2.07. The molecule has 2 aromatic rings. The summed E-state index contributed by atoms with van der Waals surface area (Å²) in [6.45, 7) is 3.28. The Labute approximate surface area is 106 Å². The van der Waals surface area contributed by atoms with Crippen molar-refractivity contribution in [2.75, 3.05) is 0 Å². The van der Waals surface area contributed by atoms with Gasteiger partial charge in [0.1, 0.15) is 5.82 Å². The Balaban J connectivity index is 2.14. The zero-order valence-corrected chi connectivity index (χ0v) is 11.0. The Bertz CT molecular complexity index is 546. The quantitative estimate of drug-likeness (QED) is 0.791. The van der Waals surface area contributed by atoms with Gasteiger partial charge in [-0.25, -0.2) is 9.97 Å². The highest BCUT2D eigenvalue weighted by Gasteiger charge is 2.01. The van der Waals surface area contributed by atoms with E-state index in [1.165, 1.54) is 0 Å². The van der Waals surface area contributed by atoms with Crippen LogP contribution >= 0.6 is 22.6 Å². The van der Waals surface area contributed by atoms with E-state index in [1.54, 1.807) is 23.3 Å². The second-order valence-electron chi connectivity index (χ2n) is 3.41. The monoisotopic (exact) mass is 330 g/mol. The average Bonchev–Trinajstić information content (AvgIpc) is 2.67. The van der Waals surface area contributed by atoms with Gasteiger partial charge in [-0.1, -0.05) is 0 Å². The fraction of sp³-hybridized carbons (Fsp3) is 0.300. The molecule has 0 aromatic carbocycles. The molecule has 0 N–H and O–H groups in total. The van der Waals surface area contributed by atoms with E-state index in [1.807, 2.05) is 40.3 Å². The summed E-state index contributed by atoms with van der Waals surface area (Å²) in [5.74, 6) is 0.951. The summed E-state index contributed by atoms with van der Waals surface area (Å²) in [5.41, 5.74) is 0.00775. The molecule has 2 rings (SSSR count). The Morgan fingerprint density at radius 3 is 2.81 bits per heavy atom. The number of aromatic nitrogens is 4. The van der Waals surface area contributed by atoms with Crippen LogP contribution in [-0.4, -0.2) is 19.1 Å². The first-order valence-corrected chi connectivity index (χ1v) is 5.94. The molecule has 0 atom stereocenters. The molecule has 84 valence electrons. The van der Waals surface area contributed by atoms with Gasteiger partial charge >= 0.3 is 0 Å². The molecule has 2 aromatic heterocycles. The lowest BCUT2D eigenvalue weighted by molar-refractivity contribution is 0.547. The van der Waals surface area contributed by atoms with Gasteiger partial charge in [-0.2, -0.15) is 0 Å². The van der Waals surface area contributed by atoms with Crippen LogP contribution in [0.2, 0.25) is 0 Å². The first-order valence-electron chi connectivity index (χ1n) is 4.86. The normalized spacial score (nSPS) is 10.6. The molecular formula is C10H11IN4O. The van der Waals surface area contributed by atoms with E-state index in [0.717, 1.165) is 12.4 Å². The summed E-state index contributed by atoms with van der Waals surface area (Å²) < 4.78 is 4.26. The van der Waals surface area contributed by atoms with Gasteiger partial charge in [0.2, 0.25) is 0 Å². The maximum absolute atomic E-state index is 11.7. The van der Waals surface area contributed by atoms with Gasteiger partial charge in [-0.3, -0.25) is 9.36 Å². The molecular weight excluding hydrogens is 319 g/mol. The molecule has 2 heterocycles. The largest absolute Gasteiger partial charge is 0.333 e. The van der Waals surface area contributed by atoms with E-state index in [4.69, 9.17) is 0 Å². The summed E-state index contributed by atoms with van der Waals surface area (Å²) in [6.07, 6.45) is 6.80. The van der Waals surface area contributed by atoms with Crippen LogP contribution in [0.1, 0.15) is 5.82 Å². The minimum absolute atomic E-state index is 0.00775. The molecule has 0 spiro atoms. The van der Waals surface area contributed by atoms with Crippen LogP contribution in [0.5, 0.6) is 0 Å². The van der Waals surface area contributed by atoms with Gasteiger partial charge in [-0.05, 0) is 29.5 Å². The summed E-state index contributed by atoms with van der Waals surface area (Å²) in [4.78, 5) is 19.8. The van der Waals surface area contributed by atoms with Crippen molar-refractivity contribution in [1.29, 1.82) is 0 Å². The molecule has 0 aliphatic carbocycles. The molecule has 0 bridgehead atoms. The fourth-order valence-electron chi connectivity index (χ4n) is 1.44. The third-order valence-electron chi connectivity index (χ3n) is 2.36. The van der Waals surface area contributed by atoms with E-state index in [-0.39, 0.29) is 5.56 Å². The van der Waals surface area contributed by atoms with E-state index < -0.39 is 0 Å². The Morgan fingerprint density at radius 1 is 1.38 bits per heavy atom. The van der Waals surface area contributed by atoms with Gasteiger partial charge in [0.15, 0.2) is 0 Å². The number of imidazole rings is 1. The first-order chi connectivity index (χ1) is 7.68. The number of nitrogens with zero attached hydrogens (tertiary/aromatic N) is 4. The van der Waals surface area contributed by atoms with Crippen LogP contribution in [0.4, 0.5) is 0 Å². The van der Waals surface area contributed by atoms with Crippen molar-refractivity contribution >= 4 is 22.6 Å². The Kier molecular flexibility index (Phi) is 3.37. The fourth-order valence-corrected chi connectivity index (χ4v) is 1.91. The molecule has 0 saturated carbocycles. The number of rotatable bonds is 3. The third-order valence-corrected chi connectivity index (χ3v) is 3.10. The molecule has 6 heteroatoms. The van der Waals surface area contributed by atoms with Gasteiger partial charge in [0, 0.05) is 31.7 Å². The van der Waals surface area contributed by atoms with E-state index >= 15 is 0 Å². The highest BCUT2D eigenvalue weighted by atomic mass is 127. The Hall–Kier alpha value is -1.18. The first kappa shape index (κ1) is 11.3. The zero-order chi connectivity index (χ0) is 11.5. The lowest BCUT2D eigenvalue weighted by atomic mass is 10.5. The molecule has 0 aliphatic rings. The van der Waals surface area contributed by atoms with E-state index in [0.29, 0.717) is 10.1 Å². The summed E-state index contributed by atoms with van der Waals surface area (Å²) >= 11 is 1.99. The number of hydrogen-bond donors (Lipinski definition) is 0. The molecule has 0 fully saturated rings. The molecule has 0 radical (unpaired) electrons. The highest BCUT2D eigenvalue weighted by molar-refractivity contribution is 14.1. The molecule has 16 heavy (non-hydrogen) atoms. The van der Waals surface area contributed by atoms with Crippen molar-refractivity contribution in [3.63, 3.8) is 0 Å². The lowest BCUT2D eigenvalue weighted by Crippen LogP contribution is -2.24. The van der Waals surface area contributed by atoms with Crippen LogP contribution in [0, 0.1) is 10.5 Å². The molecule has 0 amide bonds. The van der Waals surface area contributed by atoms with E-state index in [2.05, 4.69) is 9.97 Å². The maximum Gasteiger partial charge on any atom is 0.266 e. The summed E-state index contributed by atoms with van der Waals surface area (Å²) in [7, 11) is 0. The number of aryl methyl sites for hydroxylation is 3. The number of halogens is 1. The van der Waals surface area contributed by atoms with Crippen LogP contribution < -0.4 is 5.56 Å². The van der Waals surface area contributed by atoms with E-state index in [9.17, 15) is 4.79 Å². The van der Waals surface area contributed by atoms with Gasteiger partial charge in [0.05, 0.1) is 9.90 Å². The SMILES string of the molecule is Cc1nccn1CCn1cncc(I)c1=O. The standard InChI is InChI=1S/C10H11IN4O/c1-8-13-2-3-14(8)4-5-15-7-12-6-9(11)10(15)16/h2-3,6-7H,4-5H2,1H3. The minimum atomic E-state index is 0.00775. The minimum Gasteiger partial charge on any atom is -0.333 e. The molecule has 5 nitrogen and oxygen atoms in total. The summed E-state index contributed by atoms with van der Waals surface area (Å²) in [6, 6.07) is 0. The van der Waals surface area contributed by atoms with Crippen molar-refractivity contribution in [1.82, 2.24) is 19.1 Å². The molecule has 0 aliphatic heterocycles. The van der Waals surface area contributed by atoms with Gasteiger partial charge in [-0.15, -0.1) is 0 Å². The molecule has 0 unspecified atom stereocenters. The summed E-state index contributed by atoms with van der Waals surface area (Å²) in [5, 5.41) is 0. The third kappa shape index (κ3) is 2.31. The molecule has 0 saturated heterocycles. The predicted octanol–water partition coefficient (Wildman–Crippen LogP) is 1.05. The van der Waals surface area contributed by atoms with Gasteiger partial charge in [0.25, 0.3) is 5.56 Å². The smallest absolute Gasteiger partial charge is 0.266 e. The highest BCUT2D eigenvalue weighted by Crippen LogP contribution is 1.97. The van der Waals surface area contributed by atoms with Crippen LogP contribution in [0.3, 0.4) is 0 Å².